The molecule has 0 fully saturated rings. The number of ether oxygens (including phenoxy) is 1. The minimum absolute atomic E-state index is 0.197. The molecule has 4 heteroatoms. The molecule has 0 N–H and O–H groups in total. The van der Waals surface area contributed by atoms with Crippen molar-refractivity contribution < 1.29 is 14.3 Å². The molecular weight excluding hydrogens is 230 g/mol. The lowest BCUT2D eigenvalue weighted by Gasteiger charge is -2.18. The molecule has 0 aromatic heterocycles. The third-order valence-electron chi connectivity index (χ3n) is 3.18. The predicted molar refractivity (Wildman–Crippen MR) is 65.4 cm³/mol. The molecule has 0 aliphatic carbocycles. The maximum atomic E-state index is 12.3. The van der Waals surface area contributed by atoms with Crippen LogP contribution in [-0.4, -0.2) is 11.9 Å². The third-order valence-corrected chi connectivity index (χ3v) is 3.18. The number of benzene rings is 1. The Bertz CT molecular complexity index is 626. The van der Waals surface area contributed by atoms with E-state index in [4.69, 9.17) is 4.74 Å². The zero-order valence-corrected chi connectivity index (χ0v) is 10.1. The molecule has 1 aromatic rings. The summed E-state index contributed by atoms with van der Waals surface area (Å²) < 4.78 is 4.99. The van der Waals surface area contributed by atoms with Crippen LogP contribution in [0.5, 0.6) is 0 Å². The molecule has 0 spiro atoms. The number of fused-ring (bicyclic) bond motifs is 1. The van der Waals surface area contributed by atoms with Crippen molar-refractivity contribution in [2.75, 3.05) is 4.90 Å². The third kappa shape index (κ3) is 1.26. The molecule has 1 aromatic carbocycles. The summed E-state index contributed by atoms with van der Waals surface area (Å²) in [6, 6.07) is 9.27. The number of anilines is 1. The van der Waals surface area contributed by atoms with E-state index in [0.29, 0.717) is 22.6 Å². The first-order valence-corrected chi connectivity index (χ1v) is 5.65. The Balaban J connectivity index is 2.17. The van der Waals surface area contributed by atoms with E-state index in [2.05, 4.69) is 0 Å². The van der Waals surface area contributed by atoms with Gasteiger partial charge in [-0.2, -0.15) is 0 Å². The summed E-state index contributed by atoms with van der Waals surface area (Å²) in [7, 11) is 0. The Hall–Kier alpha value is -2.36. The van der Waals surface area contributed by atoms with Crippen molar-refractivity contribution in [1.29, 1.82) is 0 Å². The van der Waals surface area contributed by atoms with Gasteiger partial charge in [-0.3, -0.25) is 9.69 Å². The monoisotopic (exact) mass is 241 g/mol. The molecule has 0 radical (unpaired) electrons. The molecule has 2 aliphatic heterocycles. The molecule has 4 nitrogen and oxygen atoms in total. The summed E-state index contributed by atoms with van der Waals surface area (Å²) in [5, 5.41) is 0. The van der Waals surface area contributed by atoms with E-state index in [9.17, 15) is 9.59 Å². The first-order valence-electron chi connectivity index (χ1n) is 5.65. The van der Waals surface area contributed by atoms with E-state index in [1.54, 1.807) is 18.7 Å². The second kappa shape index (κ2) is 3.57. The number of allylic oxidation sites excluding steroid dienone is 2. The van der Waals surface area contributed by atoms with E-state index in [0.717, 1.165) is 5.69 Å². The maximum absolute atomic E-state index is 12.3. The molecule has 18 heavy (non-hydrogen) atoms. The van der Waals surface area contributed by atoms with Crippen molar-refractivity contribution in [3.8, 4) is 0 Å². The Labute approximate surface area is 104 Å². The van der Waals surface area contributed by atoms with E-state index < -0.39 is 5.97 Å². The highest BCUT2D eigenvalue weighted by molar-refractivity contribution is 6.23. The Morgan fingerprint density at radius 1 is 1.00 bits per heavy atom. The van der Waals surface area contributed by atoms with Gasteiger partial charge < -0.3 is 4.74 Å². The van der Waals surface area contributed by atoms with Gasteiger partial charge in [0.2, 0.25) is 0 Å². The van der Waals surface area contributed by atoms with Crippen molar-refractivity contribution in [3.05, 3.63) is 52.9 Å². The van der Waals surface area contributed by atoms with Gasteiger partial charge in [-0.15, -0.1) is 0 Å². The van der Waals surface area contributed by atoms with Gasteiger partial charge in [-0.25, -0.2) is 4.79 Å². The summed E-state index contributed by atoms with van der Waals surface area (Å²) in [6.45, 7) is 3.40. The van der Waals surface area contributed by atoms with E-state index in [1.807, 2.05) is 30.3 Å². The van der Waals surface area contributed by atoms with Crippen LogP contribution >= 0.6 is 0 Å². The van der Waals surface area contributed by atoms with E-state index in [-0.39, 0.29) is 5.91 Å². The standard InChI is InChI=1S/C14H11NO3/c1-8-11-12(9(2)18-14(11)17)13(16)15(8)10-6-4-3-5-7-10/h3-7H,1-2H3. The lowest BCUT2D eigenvalue weighted by Crippen LogP contribution is -2.24. The highest BCUT2D eigenvalue weighted by Crippen LogP contribution is 2.39. The SMILES string of the molecule is CC1=C2C(=O)N(c3ccccc3)C(C)=C2C(=O)O1. The quantitative estimate of drug-likeness (QED) is 0.708. The summed E-state index contributed by atoms with van der Waals surface area (Å²) in [6.07, 6.45) is 0. The Morgan fingerprint density at radius 3 is 2.28 bits per heavy atom. The first-order chi connectivity index (χ1) is 8.61. The number of carbonyl (C=O) groups is 2. The molecule has 2 aliphatic rings. The number of hydrogen-bond donors (Lipinski definition) is 0. The smallest absolute Gasteiger partial charge is 0.345 e. The molecule has 0 atom stereocenters. The van der Waals surface area contributed by atoms with Gasteiger partial charge in [0.05, 0.1) is 11.1 Å². The Morgan fingerprint density at radius 2 is 1.67 bits per heavy atom. The molecule has 0 unspecified atom stereocenters. The maximum Gasteiger partial charge on any atom is 0.345 e. The average molecular weight is 241 g/mol. The zero-order valence-electron chi connectivity index (χ0n) is 10.1. The molecular formula is C14H11NO3. The van der Waals surface area contributed by atoms with Crippen LogP contribution in [0, 0.1) is 0 Å². The molecule has 2 heterocycles. The second-order valence-electron chi connectivity index (χ2n) is 4.26. The van der Waals surface area contributed by atoms with Crippen LogP contribution < -0.4 is 4.90 Å². The van der Waals surface area contributed by atoms with Crippen LogP contribution in [0.15, 0.2) is 52.9 Å². The van der Waals surface area contributed by atoms with Crippen LogP contribution in [0.25, 0.3) is 0 Å². The van der Waals surface area contributed by atoms with E-state index >= 15 is 0 Å². The fourth-order valence-electron chi connectivity index (χ4n) is 2.37. The number of hydrogen-bond acceptors (Lipinski definition) is 3. The number of nitrogens with zero attached hydrogens (tertiary/aromatic N) is 1. The van der Waals surface area contributed by atoms with Crippen molar-refractivity contribution in [1.82, 2.24) is 0 Å². The summed E-state index contributed by atoms with van der Waals surface area (Å²) >= 11 is 0. The van der Waals surface area contributed by atoms with Crippen molar-refractivity contribution >= 4 is 17.6 Å². The van der Waals surface area contributed by atoms with Crippen LogP contribution in [0.2, 0.25) is 0 Å². The molecule has 0 saturated carbocycles. The number of esters is 1. The molecule has 1 amide bonds. The lowest BCUT2D eigenvalue weighted by atomic mass is 10.1. The Kier molecular flexibility index (Phi) is 2.13. The fourth-order valence-corrected chi connectivity index (χ4v) is 2.37. The van der Waals surface area contributed by atoms with Gasteiger partial charge in [0.1, 0.15) is 5.76 Å². The summed E-state index contributed by atoms with van der Waals surface area (Å²) in [4.78, 5) is 25.6. The summed E-state index contributed by atoms with van der Waals surface area (Å²) in [5.41, 5.74) is 2.17. The molecule has 0 saturated heterocycles. The highest BCUT2D eigenvalue weighted by atomic mass is 16.5. The van der Waals surface area contributed by atoms with Crippen LogP contribution in [0.3, 0.4) is 0 Å². The van der Waals surface area contributed by atoms with Gasteiger partial charge in [0, 0.05) is 11.4 Å². The molecule has 90 valence electrons. The summed E-state index contributed by atoms with van der Waals surface area (Å²) in [5.74, 6) is -0.249. The zero-order chi connectivity index (χ0) is 12.9. The van der Waals surface area contributed by atoms with Gasteiger partial charge in [0.25, 0.3) is 5.91 Å². The van der Waals surface area contributed by atoms with E-state index in [1.165, 1.54) is 0 Å². The fraction of sp³-hybridized carbons (Fsp3) is 0.143. The number of cyclic esters (lactones) is 1. The van der Waals surface area contributed by atoms with Crippen molar-refractivity contribution in [3.63, 3.8) is 0 Å². The lowest BCUT2D eigenvalue weighted by molar-refractivity contribution is -0.133. The normalized spacial score (nSPS) is 18.7. The largest absolute Gasteiger partial charge is 0.427 e. The van der Waals surface area contributed by atoms with Crippen LogP contribution in [-0.2, 0) is 14.3 Å². The van der Waals surface area contributed by atoms with Gasteiger partial charge in [0.15, 0.2) is 0 Å². The van der Waals surface area contributed by atoms with Gasteiger partial charge >= 0.3 is 5.97 Å². The highest BCUT2D eigenvalue weighted by Gasteiger charge is 2.44. The predicted octanol–water partition coefficient (Wildman–Crippen LogP) is 2.14. The van der Waals surface area contributed by atoms with Gasteiger partial charge in [-0.1, -0.05) is 18.2 Å². The minimum atomic E-state index is -0.438. The number of carbonyl (C=O) groups excluding carboxylic acids is 2. The molecule has 3 rings (SSSR count). The van der Waals surface area contributed by atoms with Crippen molar-refractivity contribution in [2.24, 2.45) is 0 Å². The number of amides is 1. The van der Waals surface area contributed by atoms with Crippen molar-refractivity contribution in [2.45, 2.75) is 13.8 Å². The topological polar surface area (TPSA) is 46.6 Å². The number of rotatable bonds is 1. The average Bonchev–Trinajstić information content (AvgIpc) is 2.79. The van der Waals surface area contributed by atoms with Crippen LogP contribution in [0.1, 0.15) is 13.8 Å². The minimum Gasteiger partial charge on any atom is -0.427 e. The first kappa shape index (κ1) is 10.8. The number of para-hydroxylation sites is 1. The van der Waals surface area contributed by atoms with Crippen LogP contribution in [0.4, 0.5) is 5.69 Å². The second-order valence-corrected chi connectivity index (χ2v) is 4.26. The van der Waals surface area contributed by atoms with Gasteiger partial charge in [-0.05, 0) is 26.0 Å². The molecule has 0 bridgehead atoms.